The molecule has 2 nitrogen and oxygen atoms in total. The van der Waals surface area contributed by atoms with E-state index in [-0.39, 0.29) is 11.6 Å². The molecule has 1 rings (SSSR count). The lowest BCUT2D eigenvalue weighted by Gasteiger charge is -2.17. The number of carbonyl (C=O) groups excluding carboxylic acids is 1. The quantitative estimate of drug-likeness (QED) is 0.688. The van der Waals surface area contributed by atoms with E-state index in [1.54, 1.807) is 0 Å². The van der Waals surface area contributed by atoms with Crippen LogP contribution in [0.1, 0.15) is 35.7 Å². The second kappa shape index (κ2) is 7.45. The smallest absolute Gasteiger partial charge is 0.349 e. The standard InChI is InChI=1S/C13H14Br2F3NO/c1-2-9(5-6-14)19-12(20)10-7-8(13(16,17)18)3-4-11(10)15/h3-4,7,9H,2,5-6H2,1H3,(H,19,20). The summed E-state index contributed by atoms with van der Waals surface area (Å²) in [5.74, 6) is -0.504. The van der Waals surface area contributed by atoms with Gasteiger partial charge in [0, 0.05) is 15.8 Å². The second-order valence-electron chi connectivity index (χ2n) is 4.25. The number of hydrogen-bond acceptors (Lipinski definition) is 1. The zero-order valence-electron chi connectivity index (χ0n) is 10.7. The monoisotopic (exact) mass is 415 g/mol. The summed E-state index contributed by atoms with van der Waals surface area (Å²) in [5, 5.41) is 3.45. The molecule has 1 atom stereocenters. The zero-order chi connectivity index (χ0) is 15.3. The average molecular weight is 417 g/mol. The van der Waals surface area contributed by atoms with Crippen LogP contribution in [-0.2, 0) is 6.18 Å². The van der Waals surface area contributed by atoms with Crippen molar-refractivity contribution in [2.24, 2.45) is 0 Å². The van der Waals surface area contributed by atoms with Gasteiger partial charge in [-0.25, -0.2) is 0 Å². The van der Waals surface area contributed by atoms with Crippen molar-refractivity contribution in [2.45, 2.75) is 32.0 Å². The Balaban J connectivity index is 2.97. The number of hydrogen-bond donors (Lipinski definition) is 1. The summed E-state index contributed by atoms with van der Waals surface area (Å²) in [4.78, 5) is 12.1. The molecule has 0 aromatic heterocycles. The predicted octanol–water partition coefficient (Wildman–Crippen LogP) is 4.76. The third-order valence-corrected chi connectivity index (χ3v) is 3.97. The third kappa shape index (κ3) is 4.77. The van der Waals surface area contributed by atoms with E-state index in [0.717, 1.165) is 23.9 Å². The fourth-order valence-electron chi connectivity index (χ4n) is 1.65. The Hall–Kier alpha value is -0.560. The first-order valence-electron chi connectivity index (χ1n) is 6.03. The van der Waals surface area contributed by atoms with Crippen LogP contribution in [-0.4, -0.2) is 17.3 Å². The van der Waals surface area contributed by atoms with Crippen LogP contribution in [0.25, 0.3) is 0 Å². The van der Waals surface area contributed by atoms with Crippen LogP contribution in [0.3, 0.4) is 0 Å². The highest BCUT2D eigenvalue weighted by Crippen LogP contribution is 2.31. The number of amides is 1. The van der Waals surface area contributed by atoms with Crippen LogP contribution in [0.4, 0.5) is 13.2 Å². The molecule has 1 N–H and O–H groups in total. The van der Waals surface area contributed by atoms with Crippen molar-refractivity contribution in [1.82, 2.24) is 5.32 Å². The van der Waals surface area contributed by atoms with E-state index in [1.807, 2.05) is 6.92 Å². The maximum Gasteiger partial charge on any atom is 0.416 e. The molecule has 0 radical (unpaired) electrons. The molecule has 7 heteroatoms. The summed E-state index contributed by atoms with van der Waals surface area (Å²) in [6.07, 6.45) is -3.03. The summed E-state index contributed by atoms with van der Waals surface area (Å²) in [6.45, 7) is 1.91. The van der Waals surface area contributed by atoms with Gasteiger partial charge < -0.3 is 5.32 Å². The van der Waals surface area contributed by atoms with Crippen LogP contribution in [0.15, 0.2) is 22.7 Å². The Labute approximate surface area is 132 Å². The molecule has 1 unspecified atom stereocenters. The Morgan fingerprint density at radius 1 is 1.40 bits per heavy atom. The van der Waals surface area contributed by atoms with Crippen molar-refractivity contribution < 1.29 is 18.0 Å². The van der Waals surface area contributed by atoms with Crippen molar-refractivity contribution in [3.8, 4) is 0 Å². The van der Waals surface area contributed by atoms with Crippen molar-refractivity contribution in [3.63, 3.8) is 0 Å². The number of benzene rings is 1. The zero-order valence-corrected chi connectivity index (χ0v) is 13.9. The van der Waals surface area contributed by atoms with Gasteiger partial charge in [0.25, 0.3) is 5.91 Å². The van der Waals surface area contributed by atoms with Crippen molar-refractivity contribution in [3.05, 3.63) is 33.8 Å². The van der Waals surface area contributed by atoms with Gasteiger partial charge in [-0.1, -0.05) is 22.9 Å². The second-order valence-corrected chi connectivity index (χ2v) is 5.90. The highest BCUT2D eigenvalue weighted by Gasteiger charge is 2.31. The van der Waals surface area contributed by atoms with E-state index in [0.29, 0.717) is 10.9 Å². The predicted molar refractivity (Wildman–Crippen MR) is 79.1 cm³/mol. The minimum Gasteiger partial charge on any atom is -0.349 e. The van der Waals surface area contributed by atoms with Gasteiger partial charge in [0.15, 0.2) is 0 Å². The number of carbonyl (C=O) groups is 1. The van der Waals surface area contributed by atoms with Gasteiger partial charge in [-0.2, -0.15) is 13.2 Å². The first-order valence-corrected chi connectivity index (χ1v) is 7.94. The molecular weight excluding hydrogens is 403 g/mol. The van der Waals surface area contributed by atoms with Crippen LogP contribution < -0.4 is 5.32 Å². The molecule has 0 bridgehead atoms. The average Bonchev–Trinajstić information content (AvgIpc) is 2.37. The fourth-order valence-corrected chi connectivity index (χ4v) is 2.63. The Kier molecular flexibility index (Phi) is 6.51. The Morgan fingerprint density at radius 2 is 2.05 bits per heavy atom. The molecule has 20 heavy (non-hydrogen) atoms. The molecule has 0 spiro atoms. The van der Waals surface area contributed by atoms with E-state index < -0.39 is 17.6 Å². The minimum absolute atomic E-state index is 0.00662. The molecular formula is C13H14Br2F3NO. The van der Waals surface area contributed by atoms with Crippen molar-refractivity contribution >= 4 is 37.8 Å². The summed E-state index contributed by atoms with van der Waals surface area (Å²) >= 11 is 6.39. The SMILES string of the molecule is CCC(CCBr)NC(=O)c1cc(C(F)(F)F)ccc1Br. The largest absolute Gasteiger partial charge is 0.416 e. The summed E-state index contributed by atoms with van der Waals surface area (Å²) < 4.78 is 38.3. The molecule has 0 heterocycles. The molecule has 1 aromatic carbocycles. The summed E-state index contributed by atoms with van der Waals surface area (Å²) in [7, 11) is 0. The summed E-state index contributed by atoms with van der Waals surface area (Å²) in [5.41, 5.74) is -0.841. The number of rotatable bonds is 5. The third-order valence-electron chi connectivity index (χ3n) is 2.82. The highest BCUT2D eigenvalue weighted by molar-refractivity contribution is 9.10. The lowest BCUT2D eigenvalue weighted by atomic mass is 10.1. The molecule has 0 saturated carbocycles. The van der Waals surface area contributed by atoms with Crippen LogP contribution in [0.5, 0.6) is 0 Å². The van der Waals surface area contributed by atoms with E-state index in [2.05, 4.69) is 37.2 Å². The molecule has 112 valence electrons. The number of alkyl halides is 4. The van der Waals surface area contributed by atoms with E-state index in [9.17, 15) is 18.0 Å². The first kappa shape index (κ1) is 17.5. The Bertz CT molecular complexity index is 477. The van der Waals surface area contributed by atoms with E-state index >= 15 is 0 Å². The van der Waals surface area contributed by atoms with Crippen LogP contribution in [0, 0.1) is 0 Å². The molecule has 0 aliphatic carbocycles. The Morgan fingerprint density at radius 3 is 2.55 bits per heavy atom. The molecule has 0 aliphatic rings. The van der Waals surface area contributed by atoms with Gasteiger partial charge in [-0.15, -0.1) is 0 Å². The number of nitrogens with one attached hydrogen (secondary N) is 1. The molecule has 1 aromatic rings. The lowest BCUT2D eigenvalue weighted by molar-refractivity contribution is -0.137. The molecule has 0 saturated heterocycles. The van der Waals surface area contributed by atoms with Crippen molar-refractivity contribution in [2.75, 3.05) is 5.33 Å². The first-order chi connectivity index (χ1) is 9.29. The van der Waals surface area contributed by atoms with Gasteiger partial charge in [-0.05, 0) is 47.0 Å². The van der Waals surface area contributed by atoms with Gasteiger partial charge in [-0.3, -0.25) is 4.79 Å². The van der Waals surface area contributed by atoms with Crippen LogP contribution >= 0.6 is 31.9 Å². The lowest BCUT2D eigenvalue weighted by Crippen LogP contribution is -2.35. The fraction of sp³-hybridized carbons (Fsp3) is 0.462. The minimum atomic E-state index is -4.46. The van der Waals surface area contributed by atoms with Gasteiger partial charge >= 0.3 is 6.18 Å². The van der Waals surface area contributed by atoms with Gasteiger partial charge in [0.05, 0.1) is 11.1 Å². The molecule has 0 fully saturated rings. The topological polar surface area (TPSA) is 29.1 Å². The summed E-state index contributed by atoms with van der Waals surface area (Å²) in [6, 6.07) is 2.98. The van der Waals surface area contributed by atoms with Gasteiger partial charge in [0.1, 0.15) is 0 Å². The maximum absolute atomic E-state index is 12.7. The van der Waals surface area contributed by atoms with Gasteiger partial charge in [0.2, 0.25) is 0 Å². The maximum atomic E-state index is 12.7. The molecule has 1 amide bonds. The normalized spacial score (nSPS) is 13.1. The highest BCUT2D eigenvalue weighted by atomic mass is 79.9. The molecule has 0 aliphatic heterocycles. The van der Waals surface area contributed by atoms with E-state index in [4.69, 9.17) is 0 Å². The van der Waals surface area contributed by atoms with E-state index in [1.165, 1.54) is 6.07 Å². The van der Waals surface area contributed by atoms with Crippen molar-refractivity contribution in [1.29, 1.82) is 0 Å². The van der Waals surface area contributed by atoms with Crippen LogP contribution in [0.2, 0.25) is 0 Å². The number of halogens is 5.